The number of para-hydroxylation sites is 5. The molecule has 14 rings (SSSR count). The van der Waals surface area contributed by atoms with Crippen molar-refractivity contribution in [1.82, 2.24) is 4.57 Å². The van der Waals surface area contributed by atoms with Crippen LogP contribution in [0.5, 0.6) is 0 Å². The van der Waals surface area contributed by atoms with Crippen molar-refractivity contribution >= 4 is 55.9 Å². The summed E-state index contributed by atoms with van der Waals surface area (Å²) in [6.07, 6.45) is 0. The van der Waals surface area contributed by atoms with Gasteiger partial charge in [0.2, 0.25) is 0 Å². The van der Waals surface area contributed by atoms with Gasteiger partial charge in [-0.2, -0.15) is 0 Å². The summed E-state index contributed by atoms with van der Waals surface area (Å²) in [7, 11) is 0. The minimum absolute atomic E-state index is 0.600. The van der Waals surface area contributed by atoms with Crippen LogP contribution in [0, 0.1) is 0 Å². The summed E-state index contributed by atoms with van der Waals surface area (Å²) in [6.45, 7) is 0. The van der Waals surface area contributed by atoms with E-state index in [-0.39, 0.29) is 0 Å². The van der Waals surface area contributed by atoms with E-state index >= 15 is 0 Å². The van der Waals surface area contributed by atoms with E-state index in [4.69, 9.17) is 0 Å². The second-order valence-electron chi connectivity index (χ2n) is 18.4. The molecule has 2 aliphatic rings. The summed E-state index contributed by atoms with van der Waals surface area (Å²) in [6, 6.07) is 100. The smallest absolute Gasteiger partial charge is 0.0727 e. The van der Waals surface area contributed by atoms with Crippen LogP contribution in [0.4, 0.5) is 34.1 Å². The minimum atomic E-state index is -0.600. The molecule has 328 valence electrons. The van der Waals surface area contributed by atoms with Gasteiger partial charge in [-0.25, -0.2) is 0 Å². The van der Waals surface area contributed by atoms with Crippen LogP contribution in [0.25, 0.3) is 60.9 Å². The van der Waals surface area contributed by atoms with Crippen molar-refractivity contribution in [3.8, 4) is 39.1 Å². The minimum Gasteiger partial charge on any atom is -0.310 e. The molecular weight excluding hydrogens is 847 g/mol. The molecule has 0 saturated carbocycles. The Labute approximate surface area is 408 Å². The van der Waals surface area contributed by atoms with Crippen LogP contribution in [0.15, 0.2) is 273 Å². The molecule has 0 fully saturated rings. The van der Waals surface area contributed by atoms with E-state index in [1.807, 2.05) is 0 Å². The van der Waals surface area contributed by atoms with E-state index in [1.165, 1.54) is 66.4 Å². The molecular formula is C67H45N3. The number of fused-ring (bicyclic) bond motifs is 13. The number of benzene rings is 11. The molecule has 12 aromatic rings. The number of hydrogen-bond acceptors (Lipinski definition) is 2. The standard InChI is InChI=1S/C67H45N3/c1-5-22-46(23-6-1)52-30-15-19-37-62(52)70(51-41-43-56-55-32-16-20-38-63(55)69(65(56)45-51)49-28-11-4-12-29-49)64-39-21-36-60-66(64)57-33-14-18-35-59(57)67(60)58-34-17-13-31-53(58)54-42-40-50(44-61(54)67)68(47-24-7-2-8-25-47)48-26-9-3-10-27-48/h1-45H. The lowest BCUT2D eigenvalue weighted by Gasteiger charge is -2.33. The first-order valence-electron chi connectivity index (χ1n) is 24.2. The molecule has 3 heteroatoms. The van der Waals surface area contributed by atoms with Gasteiger partial charge in [0.15, 0.2) is 0 Å². The van der Waals surface area contributed by atoms with E-state index in [0.717, 1.165) is 50.9 Å². The average Bonchev–Trinajstić information content (AvgIpc) is 4.04. The Bertz CT molecular complexity index is 3910. The number of hydrogen-bond donors (Lipinski definition) is 0. The maximum absolute atomic E-state index is 2.54. The lowest BCUT2D eigenvalue weighted by Crippen LogP contribution is -2.26. The fourth-order valence-corrected chi connectivity index (χ4v) is 12.0. The number of anilines is 6. The summed E-state index contributed by atoms with van der Waals surface area (Å²) < 4.78 is 2.42. The lowest BCUT2D eigenvalue weighted by atomic mass is 9.70. The van der Waals surface area contributed by atoms with Gasteiger partial charge in [-0.05, 0) is 123 Å². The lowest BCUT2D eigenvalue weighted by molar-refractivity contribution is 0.793. The van der Waals surface area contributed by atoms with Crippen LogP contribution in [-0.2, 0) is 5.41 Å². The predicted molar refractivity (Wildman–Crippen MR) is 292 cm³/mol. The number of rotatable bonds is 8. The molecule has 1 unspecified atom stereocenters. The topological polar surface area (TPSA) is 11.4 Å². The summed E-state index contributed by atoms with van der Waals surface area (Å²) in [5.74, 6) is 0. The molecule has 0 N–H and O–H groups in total. The monoisotopic (exact) mass is 891 g/mol. The third-order valence-electron chi connectivity index (χ3n) is 14.8. The third-order valence-corrected chi connectivity index (χ3v) is 14.8. The first-order valence-corrected chi connectivity index (χ1v) is 24.2. The quantitative estimate of drug-likeness (QED) is 0.151. The first-order chi connectivity index (χ1) is 34.8. The van der Waals surface area contributed by atoms with Gasteiger partial charge in [0.25, 0.3) is 0 Å². The van der Waals surface area contributed by atoms with Gasteiger partial charge in [0.1, 0.15) is 0 Å². The van der Waals surface area contributed by atoms with E-state index < -0.39 is 5.41 Å². The Morgan fingerprint density at radius 1 is 0.286 bits per heavy atom. The zero-order valence-corrected chi connectivity index (χ0v) is 38.3. The fraction of sp³-hybridized carbons (Fsp3) is 0.0149. The summed E-state index contributed by atoms with van der Waals surface area (Å²) in [4.78, 5) is 4.93. The van der Waals surface area contributed by atoms with Gasteiger partial charge in [0.05, 0.1) is 27.8 Å². The maximum atomic E-state index is 2.54. The Balaban J connectivity index is 1.06. The highest BCUT2D eigenvalue weighted by Gasteiger charge is 2.52. The highest BCUT2D eigenvalue weighted by molar-refractivity contribution is 6.11. The van der Waals surface area contributed by atoms with Crippen LogP contribution in [0.2, 0.25) is 0 Å². The molecule has 0 saturated heterocycles. The molecule has 1 heterocycles. The Morgan fingerprint density at radius 2 is 0.800 bits per heavy atom. The van der Waals surface area contributed by atoms with Gasteiger partial charge in [-0.1, -0.05) is 194 Å². The van der Waals surface area contributed by atoms with Gasteiger partial charge in [0, 0.05) is 50.3 Å². The van der Waals surface area contributed by atoms with Crippen molar-refractivity contribution in [2.24, 2.45) is 0 Å². The van der Waals surface area contributed by atoms with Crippen LogP contribution >= 0.6 is 0 Å². The van der Waals surface area contributed by atoms with Crippen LogP contribution in [-0.4, -0.2) is 4.57 Å². The number of nitrogens with zero attached hydrogens (tertiary/aromatic N) is 3. The van der Waals surface area contributed by atoms with Crippen LogP contribution in [0.1, 0.15) is 22.3 Å². The Morgan fingerprint density at radius 3 is 1.54 bits per heavy atom. The van der Waals surface area contributed by atoms with E-state index in [0.29, 0.717) is 0 Å². The second kappa shape index (κ2) is 16.0. The van der Waals surface area contributed by atoms with Crippen molar-refractivity contribution in [3.05, 3.63) is 295 Å². The largest absolute Gasteiger partial charge is 0.310 e. The molecule has 0 aliphatic heterocycles. The van der Waals surface area contributed by atoms with Crippen LogP contribution < -0.4 is 9.80 Å². The van der Waals surface area contributed by atoms with Crippen molar-refractivity contribution in [2.75, 3.05) is 9.80 Å². The average molecular weight is 892 g/mol. The highest BCUT2D eigenvalue weighted by Crippen LogP contribution is 2.65. The molecule has 1 spiro atoms. The van der Waals surface area contributed by atoms with Gasteiger partial charge in [-0.3, -0.25) is 0 Å². The molecule has 0 amide bonds. The summed E-state index contributed by atoms with van der Waals surface area (Å²) in [5, 5.41) is 2.45. The third kappa shape index (κ3) is 5.88. The first kappa shape index (κ1) is 39.9. The summed E-state index contributed by atoms with van der Waals surface area (Å²) >= 11 is 0. The maximum Gasteiger partial charge on any atom is 0.0727 e. The second-order valence-corrected chi connectivity index (χ2v) is 18.4. The van der Waals surface area contributed by atoms with Crippen molar-refractivity contribution < 1.29 is 0 Å². The van der Waals surface area contributed by atoms with Crippen molar-refractivity contribution in [3.63, 3.8) is 0 Å². The molecule has 0 bridgehead atoms. The predicted octanol–water partition coefficient (Wildman–Crippen LogP) is 17.7. The van der Waals surface area contributed by atoms with E-state index in [1.54, 1.807) is 0 Å². The molecule has 3 nitrogen and oxygen atoms in total. The van der Waals surface area contributed by atoms with E-state index in [2.05, 4.69) is 287 Å². The van der Waals surface area contributed by atoms with Crippen molar-refractivity contribution in [2.45, 2.75) is 5.41 Å². The van der Waals surface area contributed by atoms with Crippen LogP contribution in [0.3, 0.4) is 0 Å². The Hall–Kier alpha value is -9.18. The Kier molecular flexibility index (Phi) is 9.11. The molecule has 11 aromatic carbocycles. The fourth-order valence-electron chi connectivity index (χ4n) is 12.0. The molecule has 70 heavy (non-hydrogen) atoms. The molecule has 2 aliphatic carbocycles. The zero-order valence-electron chi connectivity index (χ0n) is 38.3. The van der Waals surface area contributed by atoms with Gasteiger partial charge >= 0.3 is 0 Å². The van der Waals surface area contributed by atoms with Gasteiger partial charge in [-0.15, -0.1) is 0 Å². The normalized spacial score (nSPS) is 14.1. The van der Waals surface area contributed by atoms with Crippen molar-refractivity contribution in [1.29, 1.82) is 0 Å². The molecule has 1 atom stereocenters. The highest BCUT2D eigenvalue weighted by atomic mass is 15.2. The molecule has 1 aromatic heterocycles. The van der Waals surface area contributed by atoms with Gasteiger partial charge < -0.3 is 14.4 Å². The SMILES string of the molecule is c1ccc(-c2ccccc2N(c2ccc3c4ccccc4n(-c4ccccc4)c3c2)c2cccc3c2-c2ccccc2C32c3ccccc3-c3ccc(N(c4ccccc4)c4ccccc4)cc32)cc1. The van der Waals surface area contributed by atoms with E-state index in [9.17, 15) is 0 Å². The molecule has 0 radical (unpaired) electrons. The summed E-state index contributed by atoms with van der Waals surface area (Å²) in [5.41, 5.74) is 22.1. The zero-order chi connectivity index (χ0) is 46.2. The number of aromatic nitrogens is 1.